The number of hydrogen-bond donors (Lipinski definition) is 1. The molecule has 1 N–H and O–H groups in total. The number of aryl methyl sites for hydroxylation is 2. The van der Waals surface area contributed by atoms with Gasteiger partial charge in [-0.2, -0.15) is 0 Å². The lowest BCUT2D eigenvalue weighted by molar-refractivity contribution is 0.0674. The first-order chi connectivity index (χ1) is 12.0. The summed E-state index contributed by atoms with van der Waals surface area (Å²) in [5.41, 5.74) is 2.21. The number of carbonyl (C=O) groups excluding carboxylic acids is 1. The summed E-state index contributed by atoms with van der Waals surface area (Å²) in [7, 11) is 0. The van der Waals surface area contributed by atoms with E-state index in [1.54, 1.807) is 4.90 Å². The van der Waals surface area contributed by atoms with Crippen LogP contribution in [-0.2, 0) is 6.54 Å². The van der Waals surface area contributed by atoms with Crippen LogP contribution in [0.15, 0.2) is 30.3 Å². The highest BCUT2D eigenvalue weighted by atomic mass is 16.2. The van der Waals surface area contributed by atoms with Gasteiger partial charge in [-0.25, -0.2) is 4.98 Å². The molecule has 3 aromatic rings. The monoisotopic (exact) mass is 336 g/mol. The van der Waals surface area contributed by atoms with E-state index in [1.165, 1.54) is 0 Å². The van der Waals surface area contributed by atoms with E-state index < -0.39 is 0 Å². The Kier molecular flexibility index (Phi) is 3.63. The van der Waals surface area contributed by atoms with E-state index in [2.05, 4.69) is 31.7 Å². The maximum atomic E-state index is 13.0. The Morgan fingerprint density at radius 2 is 1.96 bits per heavy atom. The number of nitrogens with one attached hydrogen (secondary N) is 1. The minimum absolute atomic E-state index is 0.0744. The summed E-state index contributed by atoms with van der Waals surface area (Å²) in [6, 6.07) is 9.96. The maximum absolute atomic E-state index is 13.0. The van der Waals surface area contributed by atoms with Crippen molar-refractivity contribution in [2.24, 2.45) is 0 Å². The standard InChI is InChI=1S/C18H20N6O/c1-11-9-23(10-15-22-21-13(3)24(11)15)18(25)16-12(2)19-17(20-16)14-7-5-4-6-8-14/h4-8,11H,9-10H2,1-3H3,(H,19,20)/t11-/m1/s1. The summed E-state index contributed by atoms with van der Waals surface area (Å²) in [6.07, 6.45) is 0. The molecule has 1 aliphatic heterocycles. The van der Waals surface area contributed by atoms with Crippen molar-refractivity contribution in [2.75, 3.05) is 6.54 Å². The summed E-state index contributed by atoms with van der Waals surface area (Å²) in [5.74, 6) is 2.35. The van der Waals surface area contributed by atoms with Gasteiger partial charge in [-0.3, -0.25) is 4.79 Å². The van der Waals surface area contributed by atoms with Gasteiger partial charge in [-0.1, -0.05) is 30.3 Å². The first-order valence-electron chi connectivity index (χ1n) is 8.36. The molecule has 1 atom stereocenters. The number of amides is 1. The number of benzene rings is 1. The fourth-order valence-corrected chi connectivity index (χ4v) is 3.44. The van der Waals surface area contributed by atoms with Crippen LogP contribution in [0.1, 0.15) is 40.8 Å². The van der Waals surface area contributed by atoms with E-state index in [9.17, 15) is 4.79 Å². The molecule has 0 bridgehead atoms. The Balaban J connectivity index is 1.63. The zero-order chi connectivity index (χ0) is 17.6. The van der Waals surface area contributed by atoms with Gasteiger partial charge in [0.15, 0.2) is 5.82 Å². The molecular formula is C18H20N6O. The number of nitrogens with zero attached hydrogens (tertiary/aromatic N) is 5. The first kappa shape index (κ1) is 15.6. The highest BCUT2D eigenvalue weighted by Crippen LogP contribution is 2.24. The fraction of sp³-hybridized carbons (Fsp3) is 0.333. The van der Waals surface area contributed by atoms with Crippen LogP contribution in [0.2, 0.25) is 0 Å². The van der Waals surface area contributed by atoms with Crippen LogP contribution in [0.4, 0.5) is 0 Å². The van der Waals surface area contributed by atoms with Gasteiger partial charge in [-0.05, 0) is 20.8 Å². The number of hydrogen-bond acceptors (Lipinski definition) is 4. The van der Waals surface area contributed by atoms with Crippen LogP contribution < -0.4 is 0 Å². The third-order valence-electron chi connectivity index (χ3n) is 4.62. The van der Waals surface area contributed by atoms with Crippen LogP contribution >= 0.6 is 0 Å². The number of carbonyl (C=O) groups is 1. The third-order valence-corrected chi connectivity index (χ3v) is 4.62. The number of aromatic amines is 1. The highest BCUT2D eigenvalue weighted by molar-refractivity contribution is 5.94. The molecule has 128 valence electrons. The lowest BCUT2D eigenvalue weighted by Gasteiger charge is -2.32. The van der Waals surface area contributed by atoms with Crippen molar-refractivity contribution in [3.8, 4) is 11.4 Å². The average Bonchev–Trinajstić information content (AvgIpc) is 3.18. The van der Waals surface area contributed by atoms with E-state index >= 15 is 0 Å². The summed E-state index contributed by atoms with van der Waals surface area (Å²) in [4.78, 5) is 22.6. The van der Waals surface area contributed by atoms with E-state index in [4.69, 9.17) is 0 Å². The predicted octanol–water partition coefficient (Wildman–Crippen LogP) is 2.50. The predicted molar refractivity (Wildman–Crippen MR) is 93.0 cm³/mol. The largest absolute Gasteiger partial charge is 0.341 e. The maximum Gasteiger partial charge on any atom is 0.274 e. The van der Waals surface area contributed by atoms with Crippen LogP contribution in [0.5, 0.6) is 0 Å². The molecule has 0 saturated heterocycles. The Hall–Kier alpha value is -2.96. The molecule has 7 heteroatoms. The molecule has 7 nitrogen and oxygen atoms in total. The van der Waals surface area contributed by atoms with Gasteiger partial charge in [0.2, 0.25) is 0 Å². The van der Waals surface area contributed by atoms with Gasteiger partial charge in [0.1, 0.15) is 17.3 Å². The van der Waals surface area contributed by atoms with Crippen molar-refractivity contribution < 1.29 is 4.79 Å². The van der Waals surface area contributed by atoms with Crippen molar-refractivity contribution in [3.63, 3.8) is 0 Å². The van der Waals surface area contributed by atoms with Crippen molar-refractivity contribution in [3.05, 3.63) is 53.4 Å². The SMILES string of the molecule is Cc1[nH]c(-c2ccccc2)nc1C(=O)N1Cc2nnc(C)n2[C@H](C)C1. The zero-order valence-electron chi connectivity index (χ0n) is 14.5. The summed E-state index contributed by atoms with van der Waals surface area (Å²) in [5, 5.41) is 8.33. The van der Waals surface area contributed by atoms with Crippen LogP contribution in [0.25, 0.3) is 11.4 Å². The van der Waals surface area contributed by atoms with Gasteiger partial charge in [0, 0.05) is 17.8 Å². The molecule has 0 fully saturated rings. The summed E-state index contributed by atoms with van der Waals surface area (Å²) < 4.78 is 2.09. The van der Waals surface area contributed by atoms with E-state index in [0.29, 0.717) is 24.6 Å². The van der Waals surface area contributed by atoms with Crippen LogP contribution in [0, 0.1) is 13.8 Å². The minimum atomic E-state index is -0.0744. The molecule has 1 aromatic carbocycles. The van der Waals surface area contributed by atoms with Crippen molar-refractivity contribution in [2.45, 2.75) is 33.4 Å². The van der Waals surface area contributed by atoms with Crippen LogP contribution in [0.3, 0.4) is 0 Å². The average molecular weight is 336 g/mol. The third kappa shape index (κ3) is 2.61. The topological polar surface area (TPSA) is 79.7 Å². The second-order valence-corrected chi connectivity index (χ2v) is 6.49. The van der Waals surface area contributed by atoms with Crippen molar-refractivity contribution in [1.29, 1.82) is 0 Å². The molecule has 0 saturated carbocycles. The summed E-state index contributed by atoms with van der Waals surface area (Å²) >= 11 is 0. The Labute approximate surface area is 145 Å². The second-order valence-electron chi connectivity index (χ2n) is 6.49. The number of fused-ring (bicyclic) bond motifs is 1. The molecule has 4 rings (SSSR count). The van der Waals surface area contributed by atoms with Gasteiger partial charge in [-0.15, -0.1) is 10.2 Å². The molecule has 2 aromatic heterocycles. The summed E-state index contributed by atoms with van der Waals surface area (Å²) in [6.45, 7) is 6.97. The Bertz CT molecular complexity index is 926. The van der Waals surface area contributed by atoms with Crippen molar-refractivity contribution in [1.82, 2.24) is 29.6 Å². The molecule has 3 heterocycles. The minimum Gasteiger partial charge on any atom is -0.341 e. The number of aromatic nitrogens is 5. The Morgan fingerprint density at radius 1 is 1.20 bits per heavy atom. The van der Waals surface area contributed by atoms with Gasteiger partial charge >= 0.3 is 0 Å². The molecule has 0 unspecified atom stereocenters. The van der Waals surface area contributed by atoms with Gasteiger partial charge in [0.25, 0.3) is 5.91 Å². The van der Waals surface area contributed by atoms with E-state index in [0.717, 1.165) is 22.9 Å². The lowest BCUT2D eigenvalue weighted by atomic mass is 10.2. The zero-order valence-corrected chi connectivity index (χ0v) is 14.5. The van der Waals surface area contributed by atoms with Gasteiger partial charge < -0.3 is 14.5 Å². The van der Waals surface area contributed by atoms with E-state index in [-0.39, 0.29) is 11.9 Å². The number of imidazole rings is 1. The second kappa shape index (κ2) is 5.84. The Morgan fingerprint density at radius 3 is 2.72 bits per heavy atom. The molecule has 25 heavy (non-hydrogen) atoms. The fourth-order valence-electron chi connectivity index (χ4n) is 3.44. The van der Waals surface area contributed by atoms with Crippen LogP contribution in [-0.4, -0.2) is 42.1 Å². The quantitative estimate of drug-likeness (QED) is 0.780. The number of rotatable bonds is 2. The van der Waals surface area contributed by atoms with E-state index in [1.807, 2.05) is 44.2 Å². The molecule has 0 radical (unpaired) electrons. The number of H-pyrrole nitrogens is 1. The molecule has 1 amide bonds. The molecule has 0 spiro atoms. The smallest absolute Gasteiger partial charge is 0.274 e. The first-order valence-corrected chi connectivity index (χ1v) is 8.36. The normalized spacial score (nSPS) is 16.8. The highest BCUT2D eigenvalue weighted by Gasteiger charge is 2.30. The molecular weight excluding hydrogens is 316 g/mol. The molecule has 0 aliphatic carbocycles. The van der Waals surface area contributed by atoms with Crippen molar-refractivity contribution >= 4 is 5.91 Å². The lowest BCUT2D eigenvalue weighted by Crippen LogP contribution is -2.41. The molecule has 1 aliphatic rings. The van der Waals surface area contributed by atoms with Gasteiger partial charge in [0.05, 0.1) is 12.6 Å².